The second-order valence-electron chi connectivity index (χ2n) is 18.4. The van der Waals surface area contributed by atoms with Crippen molar-refractivity contribution in [2.45, 2.75) is 128 Å². The molecule has 0 N–H and O–H groups in total. The van der Waals surface area contributed by atoms with Crippen LogP contribution in [0.15, 0.2) is 91.0 Å². The van der Waals surface area contributed by atoms with Crippen LogP contribution in [0.3, 0.4) is 0 Å². The molecule has 3 heterocycles. The number of fused-ring (bicyclic) bond motifs is 2. The highest BCUT2D eigenvalue weighted by atomic mass is 32.2. The molecule has 1 amide bonds. The second kappa shape index (κ2) is 13.4. The number of amides is 1. The molecule has 3 aromatic carbocycles. The van der Waals surface area contributed by atoms with Gasteiger partial charge in [-0.2, -0.15) is 5.06 Å². The Labute approximate surface area is 318 Å². The van der Waals surface area contributed by atoms with E-state index in [-0.39, 0.29) is 45.2 Å². The third-order valence-electron chi connectivity index (χ3n) is 14.5. The minimum absolute atomic E-state index is 0.0881. The first-order valence-electron chi connectivity index (χ1n) is 20.1. The van der Waals surface area contributed by atoms with Crippen molar-refractivity contribution in [2.75, 3.05) is 12.4 Å². The Bertz CT molecular complexity index is 1860. The lowest BCUT2D eigenvalue weighted by Gasteiger charge is -2.46. The van der Waals surface area contributed by atoms with Gasteiger partial charge in [0, 0.05) is 18.4 Å². The van der Waals surface area contributed by atoms with Crippen LogP contribution < -0.4 is 10.4 Å². The summed E-state index contributed by atoms with van der Waals surface area (Å²) in [5.74, 6) is 0.291. The van der Waals surface area contributed by atoms with Gasteiger partial charge in [0.05, 0.1) is 17.3 Å². The Morgan fingerprint density at radius 2 is 1.51 bits per heavy atom. The van der Waals surface area contributed by atoms with E-state index in [4.69, 9.17) is 9.26 Å². The molecule has 0 unspecified atom stereocenters. The predicted molar refractivity (Wildman–Crippen MR) is 212 cm³/mol. The number of hydrogen-bond acceptors (Lipinski definition) is 6. The summed E-state index contributed by atoms with van der Waals surface area (Å²) < 4.78 is 36.7. The van der Waals surface area contributed by atoms with Crippen LogP contribution in [-0.2, 0) is 24.1 Å². The zero-order valence-corrected chi connectivity index (χ0v) is 34.1. The van der Waals surface area contributed by atoms with Gasteiger partial charge in [-0.15, -0.1) is 0 Å². The Morgan fingerprint density at radius 1 is 0.887 bits per heavy atom. The van der Waals surface area contributed by atoms with E-state index in [9.17, 15) is 13.2 Å². The van der Waals surface area contributed by atoms with Crippen molar-refractivity contribution in [3.63, 3.8) is 0 Å². The number of benzene rings is 3. The summed E-state index contributed by atoms with van der Waals surface area (Å²) >= 11 is 0. The molecular formula is C44H58N2O5SSi. The number of sulfonamides is 1. The largest absolute Gasteiger partial charge is 0.407 e. The fourth-order valence-corrected chi connectivity index (χ4v) is 18.9. The number of hydroxylamine groups is 2. The molecule has 3 saturated heterocycles. The average Bonchev–Trinajstić information content (AvgIpc) is 3.79. The van der Waals surface area contributed by atoms with Crippen LogP contribution in [-0.4, -0.2) is 62.0 Å². The van der Waals surface area contributed by atoms with Crippen molar-refractivity contribution in [1.29, 1.82) is 0 Å². The van der Waals surface area contributed by atoms with Gasteiger partial charge in [0.1, 0.15) is 12.1 Å². The fraction of sp³-hybridized carbons (Fsp3) is 0.568. The molecule has 0 radical (unpaired) electrons. The molecule has 284 valence electrons. The molecule has 7 nitrogen and oxygen atoms in total. The molecule has 1 spiro atoms. The molecule has 2 saturated carbocycles. The number of carbonyl (C=O) groups is 1. The summed E-state index contributed by atoms with van der Waals surface area (Å²) in [7, 11) is -6.38. The van der Waals surface area contributed by atoms with Crippen molar-refractivity contribution >= 4 is 34.6 Å². The molecule has 5 fully saturated rings. The SMILES string of the molecule is CC1(C)[C@H]2CC[C@@]13CS(=O)(=O)N(C(=O)[C@@H]1CCC[C@@]4(CCCCO[Si](c5ccccc5)(c5ccccc5)C(C)(C)C)C[C@H](c5ccccc5)ON14)[C@H]3C2. The Morgan fingerprint density at radius 3 is 2.11 bits per heavy atom. The van der Waals surface area contributed by atoms with Crippen LogP contribution in [0.4, 0.5) is 0 Å². The summed E-state index contributed by atoms with van der Waals surface area (Å²) in [6, 6.07) is 31.1. The third-order valence-corrected chi connectivity index (χ3v) is 21.5. The van der Waals surface area contributed by atoms with Gasteiger partial charge in [0.2, 0.25) is 10.0 Å². The van der Waals surface area contributed by atoms with Crippen LogP contribution in [0.25, 0.3) is 0 Å². The highest BCUT2D eigenvalue weighted by molar-refractivity contribution is 7.90. The van der Waals surface area contributed by atoms with E-state index in [0.717, 1.165) is 63.4 Å². The number of unbranched alkanes of at least 4 members (excludes halogenated alkanes) is 1. The smallest absolute Gasteiger partial charge is 0.261 e. The van der Waals surface area contributed by atoms with Crippen molar-refractivity contribution in [3.8, 4) is 0 Å². The molecule has 2 bridgehead atoms. The first-order chi connectivity index (χ1) is 25.3. The maximum atomic E-state index is 14.8. The number of rotatable bonds is 10. The monoisotopic (exact) mass is 754 g/mol. The van der Waals surface area contributed by atoms with Crippen molar-refractivity contribution in [3.05, 3.63) is 96.6 Å². The molecule has 9 heteroatoms. The third kappa shape index (κ3) is 5.82. The maximum absolute atomic E-state index is 14.8. The van der Waals surface area contributed by atoms with E-state index >= 15 is 0 Å². The summed E-state index contributed by atoms with van der Waals surface area (Å²) in [6.45, 7) is 12.1. The van der Waals surface area contributed by atoms with Gasteiger partial charge in [-0.25, -0.2) is 12.7 Å². The first kappa shape index (κ1) is 37.1. The van der Waals surface area contributed by atoms with Gasteiger partial charge < -0.3 is 4.43 Å². The number of hydrogen-bond donors (Lipinski definition) is 0. The topological polar surface area (TPSA) is 76.2 Å². The Hall–Kier alpha value is -2.82. The minimum atomic E-state index is -3.73. The van der Waals surface area contributed by atoms with E-state index in [1.807, 2.05) is 23.3 Å². The molecular weight excluding hydrogens is 697 g/mol. The zero-order chi connectivity index (χ0) is 37.3. The van der Waals surface area contributed by atoms with Crippen LogP contribution in [0, 0.1) is 16.7 Å². The summed E-state index contributed by atoms with van der Waals surface area (Å²) in [5.41, 5.74) is 0.312. The van der Waals surface area contributed by atoms with Crippen molar-refractivity contribution < 1.29 is 22.5 Å². The second-order valence-corrected chi connectivity index (χ2v) is 24.5. The minimum Gasteiger partial charge on any atom is -0.407 e. The molecule has 53 heavy (non-hydrogen) atoms. The summed E-state index contributed by atoms with van der Waals surface area (Å²) in [5, 5.41) is 4.49. The first-order valence-corrected chi connectivity index (χ1v) is 23.6. The number of piperidine rings is 1. The van der Waals surface area contributed by atoms with Crippen LogP contribution in [0.2, 0.25) is 5.04 Å². The highest BCUT2D eigenvalue weighted by Crippen LogP contribution is 2.70. The summed E-state index contributed by atoms with van der Waals surface area (Å²) in [4.78, 5) is 21.7. The van der Waals surface area contributed by atoms with Crippen molar-refractivity contribution in [1.82, 2.24) is 9.37 Å². The lowest BCUT2D eigenvalue weighted by molar-refractivity contribution is -0.231. The lowest BCUT2D eigenvalue weighted by Crippen LogP contribution is -2.66. The van der Waals surface area contributed by atoms with Gasteiger partial charge >= 0.3 is 0 Å². The Kier molecular flexibility index (Phi) is 9.41. The van der Waals surface area contributed by atoms with E-state index in [0.29, 0.717) is 18.9 Å². The lowest BCUT2D eigenvalue weighted by atomic mass is 9.69. The fourth-order valence-electron chi connectivity index (χ4n) is 11.8. The van der Waals surface area contributed by atoms with E-state index in [1.54, 1.807) is 0 Å². The summed E-state index contributed by atoms with van der Waals surface area (Å²) in [6.07, 6.45) is 8.40. The maximum Gasteiger partial charge on any atom is 0.261 e. The number of nitrogens with zero attached hydrogens (tertiary/aromatic N) is 2. The number of carbonyl (C=O) groups excluding carboxylic acids is 1. The van der Waals surface area contributed by atoms with E-state index < -0.39 is 24.4 Å². The molecule has 2 aliphatic carbocycles. The van der Waals surface area contributed by atoms with Gasteiger partial charge in [-0.1, -0.05) is 126 Å². The average molecular weight is 755 g/mol. The molecule has 3 aliphatic heterocycles. The molecule has 3 aromatic rings. The zero-order valence-electron chi connectivity index (χ0n) is 32.3. The van der Waals surface area contributed by atoms with Crippen LogP contribution in [0.5, 0.6) is 0 Å². The molecule has 6 atom stereocenters. The van der Waals surface area contributed by atoms with Gasteiger partial charge in [-0.05, 0) is 90.1 Å². The van der Waals surface area contributed by atoms with Crippen LogP contribution in [0.1, 0.15) is 110 Å². The molecule has 5 aliphatic rings. The van der Waals surface area contributed by atoms with E-state index in [2.05, 4.69) is 107 Å². The van der Waals surface area contributed by atoms with Gasteiger partial charge in [-0.3, -0.25) is 9.63 Å². The Balaban J connectivity index is 1.04. The quantitative estimate of drug-likeness (QED) is 0.156. The predicted octanol–water partition coefficient (Wildman–Crippen LogP) is 7.77. The van der Waals surface area contributed by atoms with Crippen molar-refractivity contribution in [2.24, 2.45) is 16.7 Å². The molecule has 0 aromatic heterocycles. The highest BCUT2D eigenvalue weighted by Gasteiger charge is 2.73. The van der Waals surface area contributed by atoms with Crippen LogP contribution >= 0.6 is 0 Å². The van der Waals surface area contributed by atoms with Gasteiger partial charge in [0.15, 0.2) is 0 Å². The molecule has 8 rings (SSSR count). The van der Waals surface area contributed by atoms with E-state index in [1.165, 1.54) is 14.7 Å². The standard InChI is InChI=1S/C44H58N2O5SSi/c1-41(2,3)53(35-20-11-7-12-21-35,36-22-13-8-14-23-36)50-29-16-15-26-43-27-17-24-37(46(43)51-38(31-43)33-18-9-6-10-19-33)40(47)45-39-30-34-25-28-44(39,42(34,4)5)32-52(45,48)49/h6-14,18-23,34,37-39H,15-17,24-32H2,1-5H3/t34-,37-,38+,39-,43-,44-/m0/s1. The normalized spacial score (nSPS) is 31.8. The van der Waals surface area contributed by atoms with Gasteiger partial charge in [0.25, 0.3) is 14.2 Å².